The number of hydrogen-bond donors (Lipinski definition) is 2. The Labute approximate surface area is 221 Å². The third kappa shape index (κ3) is 5.97. The summed E-state index contributed by atoms with van der Waals surface area (Å²) in [5.41, 5.74) is 1.35. The number of anilines is 1. The minimum Gasteiger partial charge on any atom is -0.465 e. The number of piperidine rings is 2. The van der Waals surface area contributed by atoms with Gasteiger partial charge in [-0.1, -0.05) is 30.3 Å². The highest BCUT2D eigenvalue weighted by Gasteiger charge is 2.35. The zero-order valence-corrected chi connectivity index (χ0v) is 21.8. The summed E-state index contributed by atoms with van der Waals surface area (Å²) >= 11 is 1.28. The lowest BCUT2D eigenvalue weighted by Crippen LogP contribution is -2.53. The highest BCUT2D eigenvalue weighted by Crippen LogP contribution is 2.37. The summed E-state index contributed by atoms with van der Waals surface area (Å²) < 4.78 is 5.40. The van der Waals surface area contributed by atoms with E-state index in [0.29, 0.717) is 56.0 Å². The number of likely N-dealkylation sites (tertiary alicyclic amines) is 2. The number of ether oxygens (including phenoxy) is 1. The molecule has 3 aliphatic rings. The monoisotopic (exact) mass is 526 g/mol. The van der Waals surface area contributed by atoms with Gasteiger partial charge < -0.3 is 19.6 Å². The molecule has 0 radical (unpaired) electrons. The first-order chi connectivity index (χ1) is 18.0. The topological polar surface area (TPSA) is 102 Å². The van der Waals surface area contributed by atoms with Gasteiger partial charge in [0.05, 0.1) is 24.7 Å². The van der Waals surface area contributed by atoms with Crippen LogP contribution in [0.1, 0.15) is 36.0 Å². The maximum atomic E-state index is 13.5. The van der Waals surface area contributed by atoms with E-state index in [2.05, 4.69) is 10.2 Å². The van der Waals surface area contributed by atoms with E-state index in [1.54, 1.807) is 6.07 Å². The first kappa shape index (κ1) is 25.7. The molecule has 3 amide bonds. The Morgan fingerprint density at radius 3 is 2.38 bits per heavy atom. The Hall–Kier alpha value is -2.95. The van der Waals surface area contributed by atoms with Crippen molar-refractivity contribution in [3.63, 3.8) is 0 Å². The van der Waals surface area contributed by atoms with Gasteiger partial charge in [0.15, 0.2) is 0 Å². The molecule has 0 spiro atoms. The van der Waals surface area contributed by atoms with Crippen LogP contribution in [0.25, 0.3) is 10.4 Å². The van der Waals surface area contributed by atoms with Gasteiger partial charge in [-0.25, -0.2) is 4.79 Å². The largest absolute Gasteiger partial charge is 0.465 e. The van der Waals surface area contributed by atoms with Crippen molar-refractivity contribution < 1.29 is 24.2 Å². The molecule has 0 saturated carbocycles. The number of benzene rings is 1. The molecule has 3 aliphatic heterocycles. The molecule has 2 N–H and O–H groups in total. The van der Waals surface area contributed by atoms with Crippen LogP contribution in [-0.4, -0.2) is 96.2 Å². The Kier molecular flexibility index (Phi) is 8.07. The molecule has 0 bridgehead atoms. The fraction of sp³-hybridized carbons (Fsp3) is 0.519. The number of hydrogen-bond acceptors (Lipinski definition) is 6. The highest BCUT2D eigenvalue weighted by atomic mass is 32.1. The molecule has 1 atom stereocenters. The second kappa shape index (κ2) is 11.6. The van der Waals surface area contributed by atoms with Crippen LogP contribution in [0.15, 0.2) is 36.4 Å². The lowest BCUT2D eigenvalue weighted by Gasteiger charge is -2.43. The zero-order valence-electron chi connectivity index (χ0n) is 20.9. The van der Waals surface area contributed by atoms with Crippen LogP contribution >= 0.6 is 11.3 Å². The van der Waals surface area contributed by atoms with Crippen molar-refractivity contribution in [1.82, 2.24) is 14.7 Å². The number of nitrogens with zero attached hydrogens (tertiary/aromatic N) is 3. The number of carboxylic acid groups (broad SMARTS) is 1. The van der Waals surface area contributed by atoms with Gasteiger partial charge >= 0.3 is 6.09 Å². The van der Waals surface area contributed by atoms with Gasteiger partial charge in [0.25, 0.3) is 5.91 Å². The maximum absolute atomic E-state index is 13.5. The summed E-state index contributed by atoms with van der Waals surface area (Å²) in [5.74, 6) is 0.156. The molecule has 1 aromatic carbocycles. The number of carbonyl (C=O) groups is 3. The smallest absolute Gasteiger partial charge is 0.409 e. The van der Waals surface area contributed by atoms with Gasteiger partial charge in [-0.05, 0) is 43.9 Å². The Bertz CT molecular complexity index is 1110. The van der Waals surface area contributed by atoms with Crippen molar-refractivity contribution in [2.24, 2.45) is 5.92 Å². The summed E-state index contributed by atoms with van der Waals surface area (Å²) in [6.45, 7) is 5.61. The molecule has 3 saturated heterocycles. The second-order valence-corrected chi connectivity index (χ2v) is 11.0. The fourth-order valence-corrected chi connectivity index (χ4v) is 6.72. The van der Waals surface area contributed by atoms with Crippen LogP contribution in [-0.2, 0) is 9.53 Å². The quantitative estimate of drug-likeness (QED) is 0.616. The number of rotatable bonds is 5. The Balaban J connectivity index is 1.21. The number of morpholine rings is 1. The third-order valence-corrected chi connectivity index (χ3v) is 8.73. The van der Waals surface area contributed by atoms with Gasteiger partial charge in [-0.3, -0.25) is 19.8 Å². The summed E-state index contributed by atoms with van der Waals surface area (Å²) in [6, 6.07) is 11.8. The predicted octanol–water partition coefficient (Wildman–Crippen LogP) is 3.68. The van der Waals surface area contributed by atoms with Gasteiger partial charge in [-0.15, -0.1) is 11.3 Å². The van der Waals surface area contributed by atoms with Gasteiger partial charge in [-0.2, -0.15) is 0 Å². The van der Waals surface area contributed by atoms with Gasteiger partial charge in [0, 0.05) is 43.6 Å². The molecule has 1 unspecified atom stereocenters. The average Bonchev–Trinajstić information content (AvgIpc) is 3.36. The van der Waals surface area contributed by atoms with Crippen LogP contribution in [0.4, 0.5) is 9.80 Å². The van der Waals surface area contributed by atoms with E-state index < -0.39 is 6.09 Å². The molecule has 2 aromatic rings. The maximum Gasteiger partial charge on any atom is 0.409 e. The van der Waals surface area contributed by atoms with Crippen molar-refractivity contribution in [3.8, 4) is 10.4 Å². The van der Waals surface area contributed by atoms with E-state index in [1.165, 1.54) is 11.3 Å². The summed E-state index contributed by atoms with van der Waals surface area (Å²) in [6.07, 6.45) is 2.47. The van der Waals surface area contributed by atoms with E-state index in [1.807, 2.05) is 40.1 Å². The van der Waals surface area contributed by atoms with Crippen molar-refractivity contribution in [2.75, 3.05) is 57.8 Å². The number of nitrogens with one attached hydrogen (secondary N) is 1. The van der Waals surface area contributed by atoms with Crippen molar-refractivity contribution in [1.29, 1.82) is 0 Å². The molecule has 5 rings (SSSR count). The normalized spacial score (nSPS) is 21.6. The van der Waals surface area contributed by atoms with Crippen molar-refractivity contribution in [3.05, 3.63) is 42.0 Å². The minimum absolute atomic E-state index is 0.0402. The highest BCUT2D eigenvalue weighted by molar-refractivity contribution is 7.20. The standard InChI is InChI=1S/C27H34N4O5S/c32-25(30-13-15-36-16-14-30)20-7-4-10-31(18-20)21-8-11-29(12-9-21)26(33)22-17-23(19-5-2-1-3-6-19)37-24(22)28-27(34)35/h1-3,5-6,17,20-21,28H,4,7-16,18H2,(H,34,35). The summed E-state index contributed by atoms with van der Waals surface area (Å²) in [5, 5.41) is 12.1. The van der Waals surface area contributed by atoms with Crippen LogP contribution < -0.4 is 5.32 Å². The molecule has 10 heteroatoms. The van der Waals surface area contributed by atoms with E-state index in [-0.39, 0.29) is 17.7 Å². The van der Waals surface area contributed by atoms with Crippen LogP contribution in [0.3, 0.4) is 0 Å². The Morgan fingerprint density at radius 2 is 1.68 bits per heavy atom. The van der Waals surface area contributed by atoms with Gasteiger partial charge in [0.1, 0.15) is 5.00 Å². The molecular formula is C27H34N4O5S. The minimum atomic E-state index is -1.18. The predicted molar refractivity (Wildman–Crippen MR) is 142 cm³/mol. The van der Waals surface area contributed by atoms with E-state index >= 15 is 0 Å². The molecular weight excluding hydrogens is 492 g/mol. The molecule has 4 heterocycles. The van der Waals surface area contributed by atoms with Crippen LogP contribution in [0, 0.1) is 5.92 Å². The first-order valence-electron chi connectivity index (χ1n) is 13.1. The molecule has 1 aromatic heterocycles. The number of carbonyl (C=O) groups excluding carboxylic acids is 2. The molecule has 0 aliphatic carbocycles. The van der Waals surface area contributed by atoms with E-state index in [0.717, 1.165) is 49.2 Å². The molecule has 3 fully saturated rings. The fourth-order valence-electron chi connectivity index (χ4n) is 5.67. The van der Waals surface area contributed by atoms with Crippen LogP contribution in [0.2, 0.25) is 0 Å². The van der Waals surface area contributed by atoms with Crippen LogP contribution in [0.5, 0.6) is 0 Å². The SMILES string of the molecule is O=C(O)Nc1sc(-c2ccccc2)cc1C(=O)N1CCC(N2CCCC(C(=O)N3CCOCC3)C2)CC1. The van der Waals surface area contributed by atoms with Gasteiger partial charge in [0.2, 0.25) is 5.91 Å². The molecule has 9 nitrogen and oxygen atoms in total. The van der Waals surface area contributed by atoms with E-state index in [9.17, 15) is 19.5 Å². The lowest BCUT2D eigenvalue weighted by atomic mass is 9.92. The zero-order chi connectivity index (χ0) is 25.8. The second-order valence-electron chi connectivity index (χ2n) is 9.94. The van der Waals surface area contributed by atoms with E-state index in [4.69, 9.17) is 4.74 Å². The lowest BCUT2D eigenvalue weighted by molar-refractivity contribution is -0.141. The summed E-state index contributed by atoms with van der Waals surface area (Å²) in [4.78, 5) is 45.0. The Morgan fingerprint density at radius 1 is 0.946 bits per heavy atom. The summed E-state index contributed by atoms with van der Waals surface area (Å²) in [7, 11) is 0. The number of thiophene rings is 1. The van der Waals surface area contributed by atoms with Crippen molar-refractivity contribution >= 4 is 34.2 Å². The first-order valence-corrected chi connectivity index (χ1v) is 13.9. The van der Waals surface area contributed by atoms with Crippen molar-refractivity contribution in [2.45, 2.75) is 31.7 Å². The average molecular weight is 527 g/mol. The molecule has 198 valence electrons. The number of amides is 3. The molecule has 37 heavy (non-hydrogen) atoms. The third-order valence-electron chi connectivity index (χ3n) is 7.63.